The third-order valence-corrected chi connectivity index (χ3v) is 9.06. The lowest BCUT2D eigenvalue weighted by molar-refractivity contribution is 0.124. The van der Waals surface area contributed by atoms with Crippen molar-refractivity contribution in [1.82, 2.24) is 0 Å². The molecule has 3 aliphatic rings. The van der Waals surface area contributed by atoms with Crippen LogP contribution in [0.15, 0.2) is 60.7 Å². The molecule has 1 aliphatic heterocycles. The first kappa shape index (κ1) is 27.4. The van der Waals surface area contributed by atoms with Gasteiger partial charge in [0.15, 0.2) is 0 Å². The zero-order valence-electron chi connectivity index (χ0n) is 25.1. The molecule has 0 saturated heterocycles. The Morgan fingerprint density at radius 3 is 1.37 bits per heavy atom. The summed E-state index contributed by atoms with van der Waals surface area (Å²) in [5.74, 6) is 3.62. The van der Waals surface area contributed by atoms with Crippen LogP contribution in [-0.4, -0.2) is 21.0 Å². The van der Waals surface area contributed by atoms with Gasteiger partial charge in [-0.25, -0.2) is 0 Å². The lowest BCUT2D eigenvalue weighted by Crippen LogP contribution is -2.10. The molecule has 0 atom stereocenters. The zero-order chi connectivity index (χ0) is 29.2. The molecule has 0 radical (unpaired) electrons. The van der Waals surface area contributed by atoms with Crippen molar-refractivity contribution < 1.29 is 18.9 Å². The quantitative estimate of drug-likeness (QED) is 0.217. The molecular formula is C39H38O4. The number of ether oxygens (including phenoxy) is 4. The molecule has 2 aliphatic carbocycles. The van der Waals surface area contributed by atoms with Crippen molar-refractivity contribution in [1.29, 1.82) is 0 Å². The van der Waals surface area contributed by atoms with E-state index >= 15 is 0 Å². The molecule has 0 amide bonds. The van der Waals surface area contributed by atoms with Gasteiger partial charge in [0.2, 0.25) is 6.79 Å². The highest BCUT2D eigenvalue weighted by Crippen LogP contribution is 2.51. The van der Waals surface area contributed by atoms with Crippen molar-refractivity contribution in [2.75, 3.05) is 21.0 Å². The largest absolute Gasteiger partial charge is 0.497 e. The Labute approximate surface area is 254 Å². The number of benzene rings is 4. The predicted molar refractivity (Wildman–Crippen MR) is 175 cm³/mol. The Balaban J connectivity index is 1.39. The lowest BCUT2D eigenvalue weighted by atomic mass is 9.78. The molecule has 218 valence electrons. The standard InChI is InChI=1S/C39H38O4/c1-40-32-19-13-26(14-20-32)11-17-30-23-28-7-3-5-9-34(28)36-37-35-10-6-4-8-29(35)24-31(39(37)43-25-42-38(30)36)18-12-27-15-21-33(41-2)22-16-27/h11-24H,3-10,25H2,1-2H3/b17-11-,18-12-. The van der Waals surface area contributed by atoms with E-state index in [1.807, 2.05) is 24.3 Å². The van der Waals surface area contributed by atoms with Gasteiger partial charge in [-0.2, -0.15) is 0 Å². The first-order valence-electron chi connectivity index (χ1n) is 15.5. The summed E-state index contributed by atoms with van der Waals surface area (Å²) in [7, 11) is 3.40. The van der Waals surface area contributed by atoms with Crippen LogP contribution in [0.2, 0.25) is 0 Å². The van der Waals surface area contributed by atoms with Crippen molar-refractivity contribution in [3.05, 3.63) is 105 Å². The smallest absolute Gasteiger partial charge is 0.231 e. The normalized spacial score (nSPS) is 15.5. The van der Waals surface area contributed by atoms with Crippen LogP contribution in [-0.2, 0) is 25.7 Å². The van der Waals surface area contributed by atoms with E-state index < -0.39 is 0 Å². The molecule has 0 spiro atoms. The van der Waals surface area contributed by atoms with Crippen LogP contribution in [0.3, 0.4) is 0 Å². The van der Waals surface area contributed by atoms with E-state index in [-0.39, 0.29) is 6.79 Å². The summed E-state index contributed by atoms with van der Waals surface area (Å²) >= 11 is 0. The SMILES string of the molecule is COc1ccc(/C=C\c2cc3c(c4c2OCOc2c(/C=C\c5ccc(OC)cc5)cc5c(c2-4)CCCC5)CCCC3)cc1. The predicted octanol–water partition coefficient (Wildman–Crippen LogP) is 9.20. The van der Waals surface area contributed by atoms with Crippen LogP contribution in [0.5, 0.6) is 23.0 Å². The van der Waals surface area contributed by atoms with Gasteiger partial charge >= 0.3 is 0 Å². The fourth-order valence-corrected chi connectivity index (χ4v) is 6.85. The van der Waals surface area contributed by atoms with Crippen LogP contribution >= 0.6 is 0 Å². The van der Waals surface area contributed by atoms with Gasteiger partial charge < -0.3 is 18.9 Å². The van der Waals surface area contributed by atoms with E-state index in [1.54, 1.807) is 14.2 Å². The van der Waals surface area contributed by atoms with Gasteiger partial charge in [0.25, 0.3) is 0 Å². The van der Waals surface area contributed by atoms with Gasteiger partial charge in [0, 0.05) is 22.3 Å². The minimum atomic E-state index is 0.185. The molecular weight excluding hydrogens is 532 g/mol. The maximum atomic E-state index is 6.56. The second-order valence-electron chi connectivity index (χ2n) is 11.6. The van der Waals surface area contributed by atoms with Crippen molar-refractivity contribution in [2.24, 2.45) is 0 Å². The van der Waals surface area contributed by atoms with E-state index in [0.717, 1.165) is 70.9 Å². The molecule has 43 heavy (non-hydrogen) atoms. The number of hydrogen-bond acceptors (Lipinski definition) is 4. The Morgan fingerprint density at radius 1 is 0.535 bits per heavy atom. The number of aryl methyl sites for hydroxylation is 2. The molecule has 4 heteroatoms. The number of fused-ring (bicyclic) bond motifs is 7. The molecule has 4 nitrogen and oxygen atoms in total. The van der Waals surface area contributed by atoms with Crippen molar-refractivity contribution in [3.63, 3.8) is 0 Å². The maximum absolute atomic E-state index is 6.56. The molecule has 1 heterocycles. The van der Waals surface area contributed by atoms with Crippen LogP contribution in [0.4, 0.5) is 0 Å². The third kappa shape index (κ3) is 5.43. The first-order valence-corrected chi connectivity index (χ1v) is 15.5. The Morgan fingerprint density at radius 2 is 0.953 bits per heavy atom. The molecule has 4 aromatic carbocycles. The van der Waals surface area contributed by atoms with Gasteiger partial charge in [-0.3, -0.25) is 0 Å². The molecule has 0 N–H and O–H groups in total. The summed E-state index contributed by atoms with van der Waals surface area (Å²) in [4.78, 5) is 0. The minimum absolute atomic E-state index is 0.185. The summed E-state index contributed by atoms with van der Waals surface area (Å²) < 4.78 is 23.8. The molecule has 0 aromatic heterocycles. The van der Waals surface area contributed by atoms with Gasteiger partial charge in [-0.15, -0.1) is 0 Å². The summed E-state index contributed by atoms with van der Waals surface area (Å²) in [6, 6.07) is 21.1. The highest BCUT2D eigenvalue weighted by atomic mass is 16.7. The van der Waals surface area contributed by atoms with E-state index in [9.17, 15) is 0 Å². The average Bonchev–Trinajstić information content (AvgIpc) is 3.28. The lowest BCUT2D eigenvalue weighted by Gasteiger charge is -2.27. The topological polar surface area (TPSA) is 36.9 Å². The fraction of sp³-hybridized carbons (Fsp3) is 0.282. The van der Waals surface area contributed by atoms with Gasteiger partial charge in [0.05, 0.1) is 14.2 Å². The summed E-state index contributed by atoms with van der Waals surface area (Å²) in [5, 5.41) is 0. The summed E-state index contributed by atoms with van der Waals surface area (Å²) in [6.45, 7) is 0.185. The third-order valence-electron chi connectivity index (χ3n) is 9.06. The van der Waals surface area contributed by atoms with E-state index in [1.165, 1.54) is 59.1 Å². The number of rotatable bonds is 6. The fourth-order valence-electron chi connectivity index (χ4n) is 6.85. The highest BCUT2D eigenvalue weighted by molar-refractivity contribution is 5.91. The first-order chi connectivity index (χ1) is 21.2. The number of hydrogen-bond donors (Lipinski definition) is 0. The molecule has 0 bridgehead atoms. The highest BCUT2D eigenvalue weighted by Gasteiger charge is 2.31. The van der Waals surface area contributed by atoms with Gasteiger partial charge in [-0.05, 0) is 121 Å². The molecule has 0 fully saturated rings. The molecule has 4 aromatic rings. The van der Waals surface area contributed by atoms with E-state index in [4.69, 9.17) is 18.9 Å². The van der Waals surface area contributed by atoms with Gasteiger partial charge in [-0.1, -0.05) is 48.6 Å². The van der Waals surface area contributed by atoms with Crippen LogP contribution < -0.4 is 18.9 Å². The van der Waals surface area contributed by atoms with Crippen LogP contribution in [0.1, 0.15) is 70.2 Å². The molecule has 7 rings (SSSR count). The van der Waals surface area contributed by atoms with Crippen LogP contribution in [0.25, 0.3) is 35.4 Å². The maximum Gasteiger partial charge on any atom is 0.231 e. The second-order valence-corrected chi connectivity index (χ2v) is 11.6. The number of methoxy groups -OCH3 is 2. The summed E-state index contributed by atoms with van der Waals surface area (Å²) in [5.41, 5.74) is 12.8. The minimum Gasteiger partial charge on any atom is -0.497 e. The summed E-state index contributed by atoms with van der Waals surface area (Å²) in [6.07, 6.45) is 18.0. The second kappa shape index (κ2) is 12.0. The Bertz CT molecular complexity index is 1570. The molecule has 0 unspecified atom stereocenters. The Hall–Kier alpha value is -4.44. The molecule has 0 saturated carbocycles. The van der Waals surface area contributed by atoms with E-state index in [0.29, 0.717) is 0 Å². The average molecular weight is 571 g/mol. The van der Waals surface area contributed by atoms with Gasteiger partial charge in [0.1, 0.15) is 23.0 Å². The zero-order valence-corrected chi connectivity index (χ0v) is 25.1. The monoisotopic (exact) mass is 570 g/mol. The van der Waals surface area contributed by atoms with E-state index in [2.05, 4.69) is 60.7 Å². The van der Waals surface area contributed by atoms with Crippen LogP contribution in [0, 0.1) is 0 Å². The van der Waals surface area contributed by atoms with Crippen molar-refractivity contribution in [2.45, 2.75) is 51.4 Å². The van der Waals surface area contributed by atoms with Crippen molar-refractivity contribution in [3.8, 4) is 34.1 Å². The van der Waals surface area contributed by atoms with Crippen molar-refractivity contribution >= 4 is 24.3 Å². The Kier molecular flexibility index (Phi) is 7.67.